The molecule has 0 unspecified atom stereocenters. The summed E-state index contributed by atoms with van der Waals surface area (Å²) in [6.07, 6.45) is 3.90. The highest BCUT2D eigenvalue weighted by Gasteiger charge is 2.09. The molecule has 0 aromatic heterocycles. The van der Waals surface area contributed by atoms with Gasteiger partial charge in [-0.2, -0.15) is 0 Å². The van der Waals surface area contributed by atoms with Crippen LogP contribution in [0.4, 0.5) is 0 Å². The third-order valence-electron chi connectivity index (χ3n) is 2.60. The summed E-state index contributed by atoms with van der Waals surface area (Å²) in [5, 5.41) is 22.0. The number of benzene rings is 1. The van der Waals surface area contributed by atoms with Crippen molar-refractivity contribution in [1.82, 2.24) is 0 Å². The van der Waals surface area contributed by atoms with Crippen LogP contribution in [0.15, 0.2) is 23.4 Å². The molecule has 0 saturated heterocycles. The molecule has 0 aliphatic heterocycles. The van der Waals surface area contributed by atoms with Crippen LogP contribution in [0, 0.1) is 6.92 Å². The van der Waals surface area contributed by atoms with Crippen molar-refractivity contribution in [3.8, 4) is 5.75 Å². The second-order valence-corrected chi connectivity index (χ2v) is 4.02. The van der Waals surface area contributed by atoms with E-state index in [2.05, 4.69) is 12.1 Å². The molecule has 0 fully saturated rings. The zero-order chi connectivity index (χ0) is 12.0. The Hall–Kier alpha value is -1.51. The lowest BCUT2D eigenvalue weighted by Gasteiger charge is -2.07. The molecule has 3 heteroatoms. The number of unbranched alkanes of at least 4 members (excludes halogenated alkanes) is 2. The predicted molar refractivity (Wildman–Crippen MR) is 65.3 cm³/mol. The van der Waals surface area contributed by atoms with Gasteiger partial charge in [-0.1, -0.05) is 36.6 Å². The maximum atomic E-state index is 9.70. The van der Waals surface area contributed by atoms with Crippen LogP contribution in [-0.2, 0) is 0 Å². The second kappa shape index (κ2) is 6.16. The zero-order valence-electron chi connectivity index (χ0n) is 9.90. The minimum absolute atomic E-state index is 0.176. The van der Waals surface area contributed by atoms with Gasteiger partial charge in [0.15, 0.2) is 0 Å². The first kappa shape index (κ1) is 12.6. The molecule has 0 amide bonds. The van der Waals surface area contributed by atoms with E-state index in [0.717, 1.165) is 24.8 Å². The summed E-state index contributed by atoms with van der Waals surface area (Å²) in [6.45, 7) is 4.07. The van der Waals surface area contributed by atoms with Crippen molar-refractivity contribution in [2.75, 3.05) is 0 Å². The lowest BCUT2D eigenvalue weighted by Crippen LogP contribution is -2.02. The SMILES string of the molecule is CCCCC/C(=N/O)c1cc(C)ccc1O. The van der Waals surface area contributed by atoms with Crippen molar-refractivity contribution in [2.45, 2.75) is 39.5 Å². The molecule has 0 atom stereocenters. The van der Waals surface area contributed by atoms with Crippen molar-refractivity contribution in [3.63, 3.8) is 0 Å². The van der Waals surface area contributed by atoms with Crippen LogP contribution < -0.4 is 0 Å². The van der Waals surface area contributed by atoms with E-state index in [1.165, 1.54) is 0 Å². The lowest BCUT2D eigenvalue weighted by molar-refractivity contribution is 0.317. The quantitative estimate of drug-likeness (QED) is 0.346. The Morgan fingerprint density at radius 1 is 1.31 bits per heavy atom. The van der Waals surface area contributed by atoms with E-state index < -0.39 is 0 Å². The maximum absolute atomic E-state index is 9.70. The van der Waals surface area contributed by atoms with Crippen LogP contribution in [0.1, 0.15) is 43.7 Å². The van der Waals surface area contributed by atoms with Crippen molar-refractivity contribution >= 4 is 5.71 Å². The Labute approximate surface area is 96.4 Å². The number of phenolic OH excluding ortho intramolecular Hbond substituents is 1. The first-order valence-electron chi connectivity index (χ1n) is 5.70. The third-order valence-corrected chi connectivity index (χ3v) is 2.60. The van der Waals surface area contributed by atoms with Gasteiger partial charge in [-0.3, -0.25) is 0 Å². The molecule has 0 spiro atoms. The van der Waals surface area contributed by atoms with E-state index in [4.69, 9.17) is 5.21 Å². The third kappa shape index (κ3) is 3.26. The van der Waals surface area contributed by atoms with E-state index in [0.29, 0.717) is 17.7 Å². The van der Waals surface area contributed by atoms with Crippen LogP contribution in [0.25, 0.3) is 0 Å². The molecule has 1 rings (SSSR count). The van der Waals surface area contributed by atoms with E-state index in [1.54, 1.807) is 6.07 Å². The van der Waals surface area contributed by atoms with Crippen LogP contribution in [0.2, 0.25) is 0 Å². The number of hydrogen-bond donors (Lipinski definition) is 2. The largest absolute Gasteiger partial charge is 0.507 e. The van der Waals surface area contributed by atoms with Gasteiger partial charge in [-0.15, -0.1) is 0 Å². The smallest absolute Gasteiger partial charge is 0.124 e. The summed E-state index contributed by atoms with van der Waals surface area (Å²) >= 11 is 0. The summed E-state index contributed by atoms with van der Waals surface area (Å²) in [5.74, 6) is 0.176. The number of nitrogens with zero attached hydrogens (tertiary/aromatic N) is 1. The molecule has 0 aliphatic rings. The first-order chi connectivity index (χ1) is 7.69. The number of aromatic hydroxyl groups is 1. The zero-order valence-corrected chi connectivity index (χ0v) is 9.90. The molecule has 0 bridgehead atoms. The predicted octanol–water partition coefficient (Wildman–Crippen LogP) is 3.46. The van der Waals surface area contributed by atoms with Crippen LogP contribution in [0.3, 0.4) is 0 Å². The molecule has 1 aromatic carbocycles. The van der Waals surface area contributed by atoms with Gasteiger partial charge >= 0.3 is 0 Å². The van der Waals surface area contributed by atoms with Gasteiger partial charge in [0.25, 0.3) is 0 Å². The number of oxime groups is 1. The van der Waals surface area contributed by atoms with Gasteiger partial charge in [-0.25, -0.2) is 0 Å². The number of phenols is 1. The second-order valence-electron chi connectivity index (χ2n) is 4.02. The number of rotatable bonds is 5. The van der Waals surface area contributed by atoms with E-state index in [9.17, 15) is 5.11 Å². The fourth-order valence-electron chi connectivity index (χ4n) is 1.66. The number of aryl methyl sites for hydroxylation is 1. The van der Waals surface area contributed by atoms with Crippen molar-refractivity contribution < 1.29 is 10.3 Å². The molecule has 16 heavy (non-hydrogen) atoms. The summed E-state index contributed by atoms with van der Waals surface area (Å²) in [7, 11) is 0. The average Bonchev–Trinajstić information content (AvgIpc) is 2.28. The Bertz CT molecular complexity index is 372. The summed E-state index contributed by atoms with van der Waals surface area (Å²) < 4.78 is 0. The molecule has 88 valence electrons. The fraction of sp³-hybridized carbons (Fsp3) is 0.462. The van der Waals surface area contributed by atoms with Crippen molar-refractivity contribution in [3.05, 3.63) is 29.3 Å². The molecule has 0 aliphatic carbocycles. The van der Waals surface area contributed by atoms with Gasteiger partial charge in [0.1, 0.15) is 5.75 Å². The Kier molecular flexibility index (Phi) is 4.83. The Morgan fingerprint density at radius 2 is 2.06 bits per heavy atom. The fourth-order valence-corrected chi connectivity index (χ4v) is 1.66. The van der Waals surface area contributed by atoms with Gasteiger partial charge in [0.05, 0.1) is 5.71 Å². The average molecular weight is 221 g/mol. The Balaban J connectivity index is 2.83. The number of hydrogen-bond acceptors (Lipinski definition) is 3. The van der Waals surface area contributed by atoms with Gasteiger partial charge in [0, 0.05) is 5.56 Å². The molecular formula is C13H19NO2. The maximum Gasteiger partial charge on any atom is 0.124 e. The highest BCUT2D eigenvalue weighted by molar-refractivity contribution is 6.02. The standard InChI is InChI=1S/C13H19NO2/c1-3-4-5-6-12(14-16)11-9-10(2)7-8-13(11)15/h7-9,15-16H,3-6H2,1-2H3/b14-12-. The normalized spacial score (nSPS) is 11.8. The highest BCUT2D eigenvalue weighted by atomic mass is 16.4. The van der Waals surface area contributed by atoms with Gasteiger partial charge < -0.3 is 10.3 Å². The molecule has 3 nitrogen and oxygen atoms in total. The molecule has 1 aromatic rings. The van der Waals surface area contributed by atoms with Crippen molar-refractivity contribution in [2.24, 2.45) is 5.16 Å². The molecule has 2 N–H and O–H groups in total. The highest BCUT2D eigenvalue weighted by Crippen LogP contribution is 2.21. The van der Waals surface area contributed by atoms with Gasteiger partial charge in [0.2, 0.25) is 0 Å². The molecule has 0 radical (unpaired) electrons. The summed E-state index contributed by atoms with van der Waals surface area (Å²) in [6, 6.07) is 5.31. The molecule has 0 saturated carbocycles. The van der Waals surface area contributed by atoms with Crippen molar-refractivity contribution in [1.29, 1.82) is 0 Å². The van der Waals surface area contributed by atoms with E-state index in [1.807, 2.05) is 19.1 Å². The van der Waals surface area contributed by atoms with Crippen LogP contribution in [0.5, 0.6) is 5.75 Å². The lowest BCUT2D eigenvalue weighted by atomic mass is 10.0. The molecule has 0 heterocycles. The topological polar surface area (TPSA) is 52.8 Å². The first-order valence-corrected chi connectivity index (χ1v) is 5.70. The monoisotopic (exact) mass is 221 g/mol. The van der Waals surface area contributed by atoms with E-state index in [-0.39, 0.29) is 5.75 Å². The minimum atomic E-state index is 0.176. The van der Waals surface area contributed by atoms with Crippen LogP contribution in [-0.4, -0.2) is 16.0 Å². The van der Waals surface area contributed by atoms with Gasteiger partial charge in [-0.05, 0) is 31.9 Å². The molecular weight excluding hydrogens is 202 g/mol. The summed E-state index contributed by atoms with van der Waals surface area (Å²) in [5.41, 5.74) is 2.25. The minimum Gasteiger partial charge on any atom is -0.507 e. The van der Waals surface area contributed by atoms with E-state index >= 15 is 0 Å². The Morgan fingerprint density at radius 3 is 2.69 bits per heavy atom. The summed E-state index contributed by atoms with van der Waals surface area (Å²) in [4.78, 5) is 0. The van der Waals surface area contributed by atoms with Crippen LogP contribution >= 0.6 is 0 Å².